The number of fused-ring (bicyclic) bond motifs is 1. The summed E-state index contributed by atoms with van der Waals surface area (Å²) in [6.45, 7) is 5.59. The molecule has 0 amide bonds. The van der Waals surface area contributed by atoms with Gasteiger partial charge >= 0.3 is 0 Å². The Morgan fingerprint density at radius 3 is 2.88 bits per heavy atom. The van der Waals surface area contributed by atoms with Gasteiger partial charge in [-0.2, -0.15) is 0 Å². The maximum absolute atomic E-state index is 3.40. The molecule has 2 heterocycles. The Balaban J connectivity index is 1.69. The van der Waals surface area contributed by atoms with E-state index in [4.69, 9.17) is 0 Å². The van der Waals surface area contributed by atoms with Crippen LogP contribution in [-0.2, 0) is 6.42 Å². The van der Waals surface area contributed by atoms with Crippen molar-refractivity contribution in [2.45, 2.75) is 11.3 Å². The van der Waals surface area contributed by atoms with Crippen molar-refractivity contribution in [2.24, 2.45) is 0 Å². The summed E-state index contributed by atoms with van der Waals surface area (Å²) in [5.74, 6) is 0. The molecule has 0 saturated carbocycles. The Bertz CT molecular complexity index is 375. The molecule has 2 aliphatic rings. The molecule has 1 fully saturated rings. The predicted octanol–water partition coefficient (Wildman–Crippen LogP) is 1.57. The minimum atomic E-state index is 1.09. The zero-order valence-corrected chi connectivity index (χ0v) is 10.1. The van der Waals surface area contributed by atoms with E-state index in [1.165, 1.54) is 22.6 Å². The van der Waals surface area contributed by atoms with Crippen LogP contribution in [0.15, 0.2) is 23.1 Å². The van der Waals surface area contributed by atoms with Crippen molar-refractivity contribution in [2.75, 3.05) is 38.0 Å². The average molecular weight is 235 g/mol. The van der Waals surface area contributed by atoms with Crippen molar-refractivity contribution < 1.29 is 0 Å². The Morgan fingerprint density at radius 1 is 1.12 bits per heavy atom. The maximum atomic E-state index is 3.40. The Hall–Kier alpha value is -0.710. The van der Waals surface area contributed by atoms with Gasteiger partial charge in [-0.25, -0.2) is 4.31 Å². The van der Waals surface area contributed by atoms with Gasteiger partial charge in [0, 0.05) is 43.3 Å². The fraction of sp³-hybridized carbons (Fsp3) is 0.500. The fourth-order valence-corrected chi connectivity index (χ4v) is 3.21. The molecule has 1 aromatic rings. The largest absolute Gasteiger partial charge is 0.384 e. The van der Waals surface area contributed by atoms with Crippen molar-refractivity contribution in [3.63, 3.8) is 0 Å². The highest BCUT2D eigenvalue weighted by Gasteiger charge is 2.14. The summed E-state index contributed by atoms with van der Waals surface area (Å²) in [6.07, 6.45) is 1.17. The normalized spacial score (nSPS) is 20.5. The molecule has 2 aliphatic heterocycles. The Kier molecular flexibility index (Phi) is 3.04. The van der Waals surface area contributed by atoms with Gasteiger partial charge in [0.1, 0.15) is 0 Å². The van der Waals surface area contributed by atoms with E-state index in [9.17, 15) is 0 Å². The van der Waals surface area contributed by atoms with E-state index < -0.39 is 0 Å². The lowest BCUT2D eigenvalue weighted by atomic mass is 10.2. The molecular weight excluding hydrogens is 218 g/mol. The summed E-state index contributed by atoms with van der Waals surface area (Å²) < 4.78 is 2.45. The van der Waals surface area contributed by atoms with Gasteiger partial charge < -0.3 is 10.6 Å². The zero-order chi connectivity index (χ0) is 10.8. The third-order valence-electron chi connectivity index (χ3n) is 3.10. The minimum absolute atomic E-state index is 1.09. The van der Waals surface area contributed by atoms with Gasteiger partial charge in [-0.15, -0.1) is 0 Å². The summed E-state index contributed by atoms with van der Waals surface area (Å²) in [4.78, 5) is 1.38. The third kappa shape index (κ3) is 2.19. The van der Waals surface area contributed by atoms with Crippen LogP contribution in [0.4, 0.5) is 5.69 Å². The number of rotatable bonds is 2. The van der Waals surface area contributed by atoms with Crippen molar-refractivity contribution in [1.29, 1.82) is 0 Å². The number of benzene rings is 1. The maximum Gasteiger partial charge on any atom is 0.0374 e. The first-order valence-electron chi connectivity index (χ1n) is 5.92. The van der Waals surface area contributed by atoms with E-state index in [2.05, 4.69) is 33.1 Å². The summed E-state index contributed by atoms with van der Waals surface area (Å²) in [6, 6.07) is 6.78. The van der Waals surface area contributed by atoms with Crippen LogP contribution in [0.1, 0.15) is 5.56 Å². The highest BCUT2D eigenvalue weighted by Crippen LogP contribution is 2.29. The SMILES string of the molecule is c1cc2c(cc1SN1CCNCC1)CCN2. The van der Waals surface area contributed by atoms with Crippen LogP contribution >= 0.6 is 11.9 Å². The minimum Gasteiger partial charge on any atom is -0.384 e. The number of nitrogens with zero attached hydrogens (tertiary/aromatic N) is 1. The van der Waals surface area contributed by atoms with Gasteiger partial charge in [-0.1, -0.05) is 0 Å². The molecule has 0 aliphatic carbocycles. The number of nitrogens with one attached hydrogen (secondary N) is 2. The highest BCUT2D eigenvalue weighted by atomic mass is 32.2. The third-order valence-corrected chi connectivity index (χ3v) is 4.19. The van der Waals surface area contributed by atoms with Gasteiger partial charge in [0.15, 0.2) is 0 Å². The second-order valence-electron chi connectivity index (χ2n) is 4.27. The summed E-state index contributed by atoms with van der Waals surface area (Å²) in [7, 11) is 0. The number of hydrogen-bond acceptors (Lipinski definition) is 4. The molecule has 0 unspecified atom stereocenters. The summed E-state index contributed by atoms with van der Waals surface area (Å²) >= 11 is 1.90. The Morgan fingerprint density at radius 2 is 2.00 bits per heavy atom. The van der Waals surface area contributed by atoms with Gasteiger partial charge in [-0.3, -0.25) is 0 Å². The van der Waals surface area contributed by atoms with Crippen LogP contribution in [0.5, 0.6) is 0 Å². The van der Waals surface area contributed by atoms with Crippen molar-refractivity contribution in [3.05, 3.63) is 23.8 Å². The van der Waals surface area contributed by atoms with E-state index in [0.717, 1.165) is 32.7 Å². The lowest BCUT2D eigenvalue weighted by molar-refractivity contribution is 0.396. The van der Waals surface area contributed by atoms with Gasteiger partial charge in [0.05, 0.1) is 0 Å². The topological polar surface area (TPSA) is 27.3 Å². The second-order valence-corrected chi connectivity index (χ2v) is 5.44. The molecule has 3 rings (SSSR count). The first-order chi connectivity index (χ1) is 7.92. The van der Waals surface area contributed by atoms with Crippen LogP contribution in [0.3, 0.4) is 0 Å². The van der Waals surface area contributed by atoms with Crippen molar-refractivity contribution in [1.82, 2.24) is 9.62 Å². The lowest BCUT2D eigenvalue weighted by Gasteiger charge is -2.25. The van der Waals surface area contributed by atoms with E-state index in [1.54, 1.807) is 0 Å². The van der Waals surface area contributed by atoms with E-state index in [0.29, 0.717) is 0 Å². The van der Waals surface area contributed by atoms with Crippen LogP contribution in [-0.4, -0.2) is 37.0 Å². The molecule has 2 N–H and O–H groups in total. The molecule has 0 radical (unpaired) electrons. The molecule has 0 bridgehead atoms. The molecule has 3 nitrogen and oxygen atoms in total. The van der Waals surface area contributed by atoms with Crippen LogP contribution < -0.4 is 10.6 Å². The molecule has 86 valence electrons. The van der Waals surface area contributed by atoms with Crippen LogP contribution in [0, 0.1) is 0 Å². The monoisotopic (exact) mass is 235 g/mol. The molecular formula is C12H17N3S. The van der Waals surface area contributed by atoms with E-state index >= 15 is 0 Å². The van der Waals surface area contributed by atoms with Crippen LogP contribution in [0.25, 0.3) is 0 Å². The summed E-state index contributed by atoms with van der Waals surface area (Å²) in [5, 5.41) is 6.78. The molecule has 1 aromatic carbocycles. The van der Waals surface area contributed by atoms with E-state index in [-0.39, 0.29) is 0 Å². The quantitative estimate of drug-likeness (QED) is 0.761. The van der Waals surface area contributed by atoms with Crippen molar-refractivity contribution in [3.8, 4) is 0 Å². The summed E-state index contributed by atoms with van der Waals surface area (Å²) in [5.41, 5.74) is 2.80. The average Bonchev–Trinajstić information content (AvgIpc) is 2.77. The molecule has 0 atom stereocenters. The lowest BCUT2D eigenvalue weighted by Crippen LogP contribution is -2.39. The van der Waals surface area contributed by atoms with Crippen LogP contribution in [0.2, 0.25) is 0 Å². The standard InChI is InChI=1S/C12H17N3S/c1-2-12-10(3-4-14-12)9-11(1)16-15-7-5-13-6-8-15/h1-2,9,13-14H,3-8H2. The molecule has 1 saturated heterocycles. The Labute approximate surface area is 101 Å². The molecule has 16 heavy (non-hydrogen) atoms. The zero-order valence-electron chi connectivity index (χ0n) is 9.33. The van der Waals surface area contributed by atoms with E-state index in [1.807, 2.05) is 11.9 Å². The van der Waals surface area contributed by atoms with Gasteiger partial charge in [-0.05, 0) is 42.1 Å². The first kappa shape index (κ1) is 10.4. The first-order valence-corrected chi connectivity index (χ1v) is 6.69. The highest BCUT2D eigenvalue weighted by molar-refractivity contribution is 7.97. The predicted molar refractivity (Wildman–Crippen MR) is 68.9 cm³/mol. The number of anilines is 1. The van der Waals surface area contributed by atoms with Gasteiger partial charge in [0.2, 0.25) is 0 Å². The van der Waals surface area contributed by atoms with Gasteiger partial charge in [0.25, 0.3) is 0 Å². The fourth-order valence-electron chi connectivity index (χ4n) is 2.22. The molecule has 0 spiro atoms. The smallest absolute Gasteiger partial charge is 0.0374 e. The second kappa shape index (κ2) is 4.65. The number of piperazine rings is 1. The number of hydrogen-bond donors (Lipinski definition) is 2. The van der Waals surface area contributed by atoms with Crippen molar-refractivity contribution >= 4 is 17.6 Å². The molecule has 0 aromatic heterocycles. The molecule has 4 heteroatoms.